The van der Waals surface area contributed by atoms with Gasteiger partial charge in [-0.3, -0.25) is 0 Å². The second kappa shape index (κ2) is 5.65. The summed E-state index contributed by atoms with van der Waals surface area (Å²) in [6.07, 6.45) is 7.97. The molecule has 0 bridgehead atoms. The van der Waals surface area contributed by atoms with Crippen molar-refractivity contribution in [3.63, 3.8) is 0 Å². The van der Waals surface area contributed by atoms with Crippen molar-refractivity contribution in [2.75, 3.05) is 12.4 Å². The van der Waals surface area contributed by atoms with Gasteiger partial charge in [-0.15, -0.1) is 0 Å². The smallest absolute Gasteiger partial charge is 0.141 e. The lowest BCUT2D eigenvalue weighted by molar-refractivity contribution is -0.0835. The molecule has 3 atom stereocenters. The highest BCUT2D eigenvalue weighted by Gasteiger charge is 2.47. The first-order chi connectivity index (χ1) is 9.74. The molecule has 0 saturated heterocycles. The van der Waals surface area contributed by atoms with Crippen molar-refractivity contribution in [3.05, 3.63) is 24.3 Å². The van der Waals surface area contributed by atoms with Crippen LogP contribution >= 0.6 is 0 Å². The van der Waals surface area contributed by atoms with Crippen molar-refractivity contribution in [3.8, 4) is 5.75 Å². The molecule has 0 spiro atoms. The van der Waals surface area contributed by atoms with Gasteiger partial charge in [0.25, 0.3) is 0 Å². The summed E-state index contributed by atoms with van der Waals surface area (Å²) in [6, 6.07) is 8.14. The van der Waals surface area contributed by atoms with E-state index >= 15 is 0 Å². The van der Waals surface area contributed by atoms with Crippen molar-refractivity contribution in [1.82, 2.24) is 0 Å². The quantitative estimate of drug-likeness (QED) is 0.886. The summed E-state index contributed by atoms with van der Waals surface area (Å²) in [4.78, 5) is 0. The molecule has 110 valence electrons. The van der Waals surface area contributed by atoms with Crippen LogP contribution in [0.2, 0.25) is 0 Å². The van der Waals surface area contributed by atoms with E-state index in [1.807, 2.05) is 24.3 Å². The summed E-state index contributed by atoms with van der Waals surface area (Å²) in [5.74, 6) is 1.33. The number of ether oxygens (including phenoxy) is 1. The van der Waals surface area contributed by atoms with Crippen LogP contribution in [0, 0.1) is 5.92 Å². The Bertz CT molecular complexity index is 460. The third-order valence-corrected chi connectivity index (χ3v) is 5.17. The summed E-state index contributed by atoms with van der Waals surface area (Å²) in [7, 11) is 1.69. The van der Waals surface area contributed by atoms with E-state index in [9.17, 15) is 5.11 Å². The number of hydrogen-bond acceptors (Lipinski definition) is 3. The molecule has 2 saturated carbocycles. The number of rotatable bonds is 3. The highest BCUT2D eigenvalue weighted by molar-refractivity contribution is 5.57. The maximum absolute atomic E-state index is 11.2. The Morgan fingerprint density at radius 2 is 1.95 bits per heavy atom. The molecule has 0 aliphatic heterocycles. The maximum Gasteiger partial charge on any atom is 0.141 e. The fourth-order valence-corrected chi connectivity index (χ4v) is 4.07. The van der Waals surface area contributed by atoms with Crippen LogP contribution in [-0.2, 0) is 0 Å². The molecule has 0 aromatic heterocycles. The Hall–Kier alpha value is -1.22. The lowest BCUT2D eigenvalue weighted by Crippen LogP contribution is -2.56. The molecule has 2 fully saturated rings. The Morgan fingerprint density at radius 3 is 2.80 bits per heavy atom. The van der Waals surface area contributed by atoms with Gasteiger partial charge in [0.2, 0.25) is 0 Å². The number of nitrogens with one attached hydrogen (secondary N) is 1. The third-order valence-electron chi connectivity index (χ3n) is 5.17. The molecular weight excluding hydrogens is 250 g/mol. The van der Waals surface area contributed by atoms with Gasteiger partial charge < -0.3 is 15.2 Å². The van der Waals surface area contributed by atoms with E-state index in [0.29, 0.717) is 5.92 Å². The highest BCUT2D eigenvalue weighted by Crippen LogP contribution is 2.45. The van der Waals surface area contributed by atoms with Gasteiger partial charge in [-0.2, -0.15) is 0 Å². The Labute approximate surface area is 121 Å². The Morgan fingerprint density at radius 1 is 1.15 bits per heavy atom. The van der Waals surface area contributed by atoms with Crippen molar-refractivity contribution < 1.29 is 9.84 Å². The van der Waals surface area contributed by atoms with Gasteiger partial charge in [-0.05, 0) is 43.7 Å². The van der Waals surface area contributed by atoms with E-state index in [1.54, 1.807) is 7.11 Å². The molecule has 3 rings (SSSR count). The second-order valence-corrected chi connectivity index (χ2v) is 6.26. The van der Waals surface area contributed by atoms with Crippen LogP contribution in [-0.4, -0.2) is 23.9 Å². The first-order valence-corrected chi connectivity index (χ1v) is 7.86. The van der Waals surface area contributed by atoms with E-state index in [2.05, 4.69) is 5.32 Å². The summed E-state index contributed by atoms with van der Waals surface area (Å²) < 4.78 is 5.41. The monoisotopic (exact) mass is 275 g/mol. The molecule has 2 aliphatic rings. The van der Waals surface area contributed by atoms with Gasteiger partial charge in [-0.1, -0.05) is 31.4 Å². The van der Waals surface area contributed by atoms with Crippen LogP contribution in [0.15, 0.2) is 24.3 Å². The summed E-state index contributed by atoms with van der Waals surface area (Å²) in [5, 5.41) is 14.7. The Kier molecular flexibility index (Phi) is 3.88. The summed E-state index contributed by atoms with van der Waals surface area (Å²) >= 11 is 0. The number of para-hydroxylation sites is 2. The number of hydrogen-bond donors (Lipinski definition) is 2. The zero-order valence-electron chi connectivity index (χ0n) is 12.3. The van der Waals surface area contributed by atoms with Crippen molar-refractivity contribution >= 4 is 5.69 Å². The number of methoxy groups -OCH3 is 1. The molecule has 3 heteroatoms. The van der Waals surface area contributed by atoms with Gasteiger partial charge in [0.15, 0.2) is 0 Å². The fraction of sp³-hybridized carbons (Fsp3) is 0.647. The highest BCUT2D eigenvalue weighted by atomic mass is 16.5. The minimum Gasteiger partial charge on any atom is -0.495 e. The van der Waals surface area contributed by atoms with Gasteiger partial charge in [0.1, 0.15) is 5.75 Å². The number of anilines is 1. The van der Waals surface area contributed by atoms with Crippen LogP contribution in [0.5, 0.6) is 5.75 Å². The maximum atomic E-state index is 11.2. The van der Waals surface area contributed by atoms with E-state index in [4.69, 9.17) is 4.74 Å². The fourth-order valence-electron chi connectivity index (χ4n) is 4.07. The molecule has 20 heavy (non-hydrogen) atoms. The molecule has 0 heterocycles. The number of fused-ring (bicyclic) bond motifs is 1. The first kappa shape index (κ1) is 13.7. The molecule has 3 nitrogen and oxygen atoms in total. The Balaban J connectivity index is 1.81. The van der Waals surface area contributed by atoms with Crippen molar-refractivity contribution in [1.29, 1.82) is 0 Å². The van der Waals surface area contributed by atoms with Gasteiger partial charge >= 0.3 is 0 Å². The standard InChI is InChI=1S/C17H25NO2/c1-20-15-10-3-2-9-14(15)18-16-11-6-8-13-7-4-5-12-17(13,16)19/h2-3,9-10,13,16,18-19H,4-8,11-12H2,1H3/t13-,16-,17-/m1/s1. The third kappa shape index (κ3) is 2.39. The molecule has 0 radical (unpaired) electrons. The summed E-state index contributed by atoms with van der Waals surface area (Å²) in [6.45, 7) is 0. The zero-order valence-corrected chi connectivity index (χ0v) is 12.3. The minimum atomic E-state index is -0.530. The molecule has 0 amide bonds. The van der Waals surface area contributed by atoms with E-state index in [1.165, 1.54) is 25.7 Å². The second-order valence-electron chi connectivity index (χ2n) is 6.26. The largest absolute Gasteiger partial charge is 0.495 e. The van der Waals surface area contributed by atoms with Crippen molar-refractivity contribution in [2.45, 2.75) is 56.6 Å². The average molecular weight is 275 g/mol. The predicted octanol–water partition coefficient (Wildman–Crippen LogP) is 3.58. The van der Waals surface area contributed by atoms with E-state index in [-0.39, 0.29) is 6.04 Å². The topological polar surface area (TPSA) is 41.5 Å². The molecule has 2 N–H and O–H groups in total. The number of aliphatic hydroxyl groups is 1. The lowest BCUT2D eigenvalue weighted by Gasteiger charge is -2.49. The molecule has 0 unspecified atom stereocenters. The minimum absolute atomic E-state index is 0.151. The molecule has 1 aromatic rings. The SMILES string of the molecule is COc1ccccc1N[C@@H]1CCC[C@H]2CCCC[C@@]21O. The van der Waals surface area contributed by atoms with Crippen LogP contribution < -0.4 is 10.1 Å². The van der Waals surface area contributed by atoms with Gasteiger partial charge in [0.05, 0.1) is 24.4 Å². The lowest BCUT2D eigenvalue weighted by atomic mass is 9.65. The van der Waals surface area contributed by atoms with E-state index in [0.717, 1.165) is 30.7 Å². The molecular formula is C17H25NO2. The molecule has 1 aromatic carbocycles. The first-order valence-electron chi connectivity index (χ1n) is 7.86. The van der Waals surface area contributed by atoms with Gasteiger partial charge in [0, 0.05) is 0 Å². The average Bonchev–Trinajstić information content (AvgIpc) is 2.48. The van der Waals surface area contributed by atoms with Crippen LogP contribution in [0.25, 0.3) is 0 Å². The van der Waals surface area contributed by atoms with Gasteiger partial charge in [-0.25, -0.2) is 0 Å². The van der Waals surface area contributed by atoms with Crippen LogP contribution in [0.1, 0.15) is 44.9 Å². The van der Waals surface area contributed by atoms with Crippen LogP contribution in [0.3, 0.4) is 0 Å². The molecule has 2 aliphatic carbocycles. The zero-order chi connectivity index (χ0) is 14.0. The van der Waals surface area contributed by atoms with Crippen LogP contribution in [0.4, 0.5) is 5.69 Å². The number of benzene rings is 1. The van der Waals surface area contributed by atoms with Crippen molar-refractivity contribution in [2.24, 2.45) is 5.92 Å². The van der Waals surface area contributed by atoms with E-state index < -0.39 is 5.60 Å². The predicted molar refractivity (Wildman–Crippen MR) is 81.2 cm³/mol. The normalized spacial score (nSPS) is 33.3. The summed E-state index contributed by atoms with van der Waals surface area (Å²) in [5.41, 5.74) is 0.469.